The first kappa shape index (κ1) is 27.4. The number of rotatable bonds is 10. The number of benzene rings is 2. The first-order chi connectivity index (χ1) is 15.8. The Bertz CT molecular complexity index is 1110. The summed E-state index contributed by atoms with van der Waals surface area (Å²) in [5.74, 6) is -0.717. The molecule has 2 aromatic carbocycles. The van der Waals surface area contributed by atoms with Gasteiger partial charge in [-0.15, -0.1) is 0 Å². The van der Waals surface area contributed by atoms with Crippen LogP contribution in [0.5, 0.6) is 0 Å². The van der Waals surface area contributed by atoms with Gasteiger partial charge in [-0.05, 0) is 63.8 Å². The van der Waals surface area contributed by atoms with E-state index in [1.54, 1.807) is 13.0 Å². The van der Waals surface area contributed by atoms with Gasteiger partial charge in [-0.2, -0.15) is 0 Å². The van der Waals surface area contributed by atoms with Crippen LogP contribution in [0.1, 0.15) is 49.4 Å². The van der Waals surface area contributed by atoms with E-state index in [0.717, 1.165) is 39.2 Å². The molecule has 34 heavy (non-hydrogen) atoms. The minimum absolute atomic E-state index is 0.0336. The summed E-state index contributed by atoms with van der Waals surface area (Å²) in [5, 5.41) is 2.93. The molecule has 1 N–H and O–H groups in total. The van der Waals surface area contributed by atoms with E-state index < -0.39 is 28.5 Å². The first-order valence-corrected chi connectivity index (χ1v) is 13.4. The largest absolute Gasteiger partial charge is 0.352 e. The normalized spacial score (nSPS) is 13.1. The van der Waals surface area contributed by atoms with Crippen molar-refractivity contribution < 1.29 is 18.0 Å². The SMILES string of the molecule is CCC(C)NC(=O)C(C)N(Cc1ccc(C)cc1)C(=O)CN(c1cc(C)ccc1C)S(C)(=O)=O. The van der Waals surface area contributed by atoms with Crippen LogP contribution >= 0.6 is 0 Å². The number of hydrogen-bond donors (Lipinski definition) is 1. The fraction of sp³-hybridized carbons (Fsp3) is 0.462. The van der Waals surface area contributed by atoms with Gasteiger partial charge in [0.1, 0.15) is 12.6 Å². The maximum atomic E-state index is 13.6. The second-order valence-electron chi connectivity index (χ2n) is 9.06. The minimum Gasteiger partial charge on any atom is -0.352 e. The van der Waals surface area contributed by atoms with Crippen molar-refractivity contribution in [3.8, 4) is 0 Å². The van der Waals surface area contributed by atoms with E-state index in [9.17, 15) is 18.0 Å². The van der Waals surface area contributed by atoms with Gasteiger partial charge in [-0.3, -0.25) is 13.9 Å². The number of nitrogens with zero attached hydrogens (tertiary/aromatic N) is 2. The van der Waals surface area contributed by atoms with Crippen LogP contribution in [0.25, 0.3) is 0 Å². The van der Waals surface area contributed by atoms with Crippen molar-refractivity contribution in [3.63, 3.8) is 0 Å². The molecule has 8 heteroatoms. The fourth-order valence-electron chi connectivity index (χ4n) is 3.52. The van der Waals surface area contributed by atoms with E-state index in [4.69, 9.17) is 0 Å². The van der Waals surface area contributed by atoms with Crippen molar-refractivity contribution >= 4 is 27.5 Å². The Morgan fingerprint density at radius 2 is 1.56 bits per heavy atom. The molecule has 0 saturated carbocycles. The summed E-state index contributed by atoms with van der Waals surface area (Å²) in [6.07, 6.45) is 1.85. The zero-order valence-electron chi connectivity index (χ0n) is 21.3. The molecule has 0 aliphatic heterocycles. The van der Waals surface area contributed by atoms with Crippen molar-refractivity contribution in [2.75, 3.05) is 17.1 Å². The van der Waals surface area contributed by atoms with Gasteiger partial charge in [-0.1, -0.05) is 48.9 Å². The van der Waals surface area contributed by atoms with Gasteiger partial charge in [0, 0.05) is 12.6 Å². The quantitative estimate of drug-likeness (QED) is 0.554. The molecule has 0 aromatic heterocycles. The summed E-state index contributed by atoms with van der Waals surface area (Å²) in [4.78, 5) is 27.9. The lowest BCUT2D eigenvalue weighted by molar-refractivity contribution is -0.139. The second kappa shape index (κ2) is 11.5. The average molecular weight is 488 g/mol. The van der Waals surface area contributed by atoms with Gasteiger partial charge < -0.3 is 10.2 Å². The lowest BCUT2D eigenvalue weighted by Crippen LogP contribution is -2.52. The Morgan fingerprint density at radius 3 is 2.12 bits per heavy atom. The average Bonchev–Trinajstić information content (AvgIpc) is 2.77. The molecule has 0 heterocycles. The molecule has 2 aromatic rings. The Labute approximate surface area is 204 Å². The van der Waals surface area contributed by atoms with Crippen molar-refractivity contribution in [3.05, 3.63) is 64.7 Å². The summed E-state index contributed by atoms with van der Waals surface area (Å²) in [6, 6.07) is 12.4. The van der Waals surface area contributed by atoms with Crippen LogP contribution < -0.4 is 9.62 Å². The number of sulfonamides is 1. The fourth-order valence-corrected chi connectivity index (χ4v) is 4.42. The monoisotopic (exact) mass is 487 g/mol. The Hall–Kier alpha value is -2.87. The molecule has 2 unspecified atom stereocenters. The molecule has 0 bridgehead atoms. The third kappa shape index (κ3) is 7.32. The van der Waals surface area contributed by atoms with Gasteiger partial charge in [0.15, 0.2) is 0 Å². The maximum absolute atomic E-state index is 13.6. The van der Waals surface area contributed by atoms with Gasteiger partial charge in [0.25, 0.3) is 0 Å². The zero-order chi connectivity index (χ0) is 25.6. The summed E-state index contributed by atoms with van der Waals surface area (Å²) in [7, 11) is -3.75. The van der Waals surface area contributed by atoms with Crippen LogP contribution in [0.4, 0.5) is 5.69 Å². The molecule has 2 amide bonds. The third-order valence-electron chi connectivity index (χ3n) is 5.95. The zero-order valence-corrected chi connectivity index (χ0v) is 22.1. The molecular formula is C26H37N3O4S. The van der Waals surface area contributed by atoms with E-state index >= 15 is 0 Å². The molecule has 2 atom stereocenters. The highest BCUT2D eigenvalue weighted by Gasteiger charge is 2.31. The maximum Gasteiger partial charge on any atom is 0.244 e. The molecule has 2 rings (SSSR count). The van der Waals surface area contributed by atoms with Gasteiger partial charge in [0.2, 0.25) is 21.8 Å². The topological polar surface area (TPSA) is 86.8 Å². The number of carbonyl (C=O) groups is 2. The van der Waals surface area contributed by atoms with Crippen LogP contribution in [-0.2, 0) is 26.2 Å². The molecule has 0 radical (unpaired) electrons. The number of anilines is 1. The number of carbonyl (C=O) groups excluding carboxylic acids is 2. The Kier molecular flexibility index (Phi) is 9.27. The van der Waals surface area contributed by atoms with Crippen molar-refractivity contribution in [2.24, 2.45) is 0 Å². The highest BCUT2D eigenvalue weighted by Crippen LogP contribution is 2.24. The molecule has 0 aliphatic carbocycles. The number of amides is 2. The molecular weight excluding hydrogens is 450 g/mol. The molecule has 0 spiro atoms. The lowest BCUT2D eigenvalue weighted by Gasteiger charge is -2.32. The Morgan fingerprint density at radius 1 is 0.971 bits per heavy atom. The highest BCUT2D eigenvalue weighted by atomic mass is 32.2. The van der Waals surface area contributed by atoms with E-state index in [-0.39, 0.29) is 18.5 Å². The van der Waals surface area contributed by atoms with Gasteiger partial charge >= 0.3 is 0 Å². The molecule has 0 aliphatic rings. The predicted molar refractivity (Wildman–Crippen MR) is 137 cm³/mol. The van der Waals surface area contributed by atoms with Crippen molar-refractivity contribution in [1.29, 1.82) is 0 Å². The standard InChI is InChI=1S/C26H37N3O4S/c1-8-21(5)27-26(31)22(6)28(16-23-13-10-18(2)11-14-23)25(30)17-29(34(7,32)33)24-15-19(3)9-12-20(24)4/h9-15,21-22H,8,16-17H2,1-7H3,(H,27,31). The summed E-state index contributed by atoms with van der Waals surface area (Å²) >= 11 is 0. The van der Waals surface area contributed by atoms with Gasteiger partial charge in [0.05, 0.1) is 11.9 Å². The lowest BCUT2D eigenvalue weighted by atomic mass is 10.1. The molecule has 7 nitrogen and oxygen atoms in total. The van der Waals surface area contributed by atoms with Crippen LogP contribution in [0, 0.1) is 20.8 Å². The molecule has 0 fully saturated rings. The van der Waals surface area contributed by atoms with Crippen LogP contribution in [0.15, 0.2) is 42.5 Å². The Balaban J connectivity index is 2.42. The predicted octanol–water partition coefficient (Wildman–Crippen LogP) is 3.71. The summed E-state index contributed by atoms with van der Waals surface area (Å²) < 4.78 is 26.6. The number of hydrogen-bond acceptors (Lipinski definition) is 4. The number of nitrogens with one attached hydrogen (secondary N) is 1. The minimum atomic E-state index is -3.75. The first-order valence-electron chi connectivity index (χ1n) is 11.5. The van der Waals surface area contributed by atoms with Crippen LogP contribution in [0.2, 0.25) is 0 Å². The van der Waals surface area contributed by atoms with Gasteiger partial charge in [-0.25, -0.2) is 8.42 Å². The van der Waals surface area contributed by atoms with Crippen molar-refractivity contribution in [2.45, 2.75) is 66.6 Å². The smallest absolute Gasteiger partial charge is 0.244 e. The highest BCUT2D eigenvalue weighted by molar-refractivity contribution is 7.92. The summed E-state index contributed by atoms with van der Waals surface area (Å²) in [6.45, 7) is 11.0. The van der Waals surface area contributed by atoms with E-state index in [2.05, 4.69) is 5.32 Å². The summed E-state index contributed by atoms with van der Waals surface area (Å²) in [5.41, 5.74) is 4.04. The number of aryl methyl sites for hydroxylation is 3. The molecule has 186 valence electrons. The third-order valence-corrected chi connectivity index (χ3v) is 7.08. The van der Waals surface area contributed by atoms with Crippen LogP contribution in [0.3, 0.4) is 0 Å². The van der Waals surface area contributed by atoms with E-state index in [0.29, 0.717) is 5.69 Å². The van der Waals surface area contributed by atoms with E-state index in [1.165, 1.54) is 4.90 Å². The van der Waals surface area contributed by atoms with Crippen molar-refractivity contribution in [1.82, 2.24) is 10.2 Å². The second-order valence-corrected chi connectivity index (χ2v) is 11.0. The molecule has 0 saturated heterocycles. The van der Waals surface area contributed by atoms with E-state index in [1.807, 2.05) is 71.0 Å². The van der Waals surface area contributed by atoms with Crippen LogP contribution in [-0.4, -0.2) is 50.0 Å².